The van der Waals surface area contributed by atoms with E-state index in [0.29, 0.717) is 12.5 Å². The largest absolute Gasteiger partial charge is 0.473 e. The van der Waals surface area contributed by atoms with Gasteiger partial charge in [-0.15, -0.1) is 0 Å². The Morgan fingerprint density at radius 1 is 1.20 bits per heavy atom. The zero-order valence-corrected chi connectivity index (χ0v) is 8.55. The van der Waals surface area contributed by atoms with Crippen LogP contribution in [0.25, 0.3) is 0 Å². The second kappa shape index (κ2) is 4.55. The lowest BCUT2D eigenvalue weighted by atomic mass is 10.3. The standard InChI is InChI=1S/C12H12N2O/c1-10-4-5-12(14-7-10)15-9-11-3-2-6-13-8-11/h2-8H,9H2,1H3. The predicted molar refractivity (Wildman–Crippen MR) is 57.5 cm³/mol. The van der Waals surface area contributed by atoms with E-state index in [-0.39, 0.29) is 0 Å². The molecule has 0 aromatic carbocycles. The highest BCUT2D eigenvalue weighted by Crippen LogP contribution is 2.08. The maximum atomic E-state index is 5.50. The highest BCUT2D eigenvalue weighted by molar-refractivity contribution is 5.17. The molecule has 0 saturated carbocycles. The zero-order chi connectivity index (χ0) is 10.5. The normalized spacial score (nSPS) is 9.93. The van der Waals surface area contributed by atoms with Gasteiger partial charge in [0.2, 0.25) is 5.88 Å². The van der Waals surface area contributed by atoms with Crippen molar-refractivity contribution < 1.29 is 4.74 Å². The van der Waals surface area contributed by atoms with Gasteiger partial charge in [0, 0.05) is 30.2 Å². The van der Waals surface area contributed by atoms with E-state index < -0.39 is 0 Å². The van der Waals surface area contributed by atoms with E-state index in [4.69, 9.17) is 4.74 Å². The summed E-state index contributed by atoms with van der Waals surface area (Å²) in [6.45, 7) is 2.50. The first-order chi connectivity index (χ1) is 7.34. The second-order valence-electron chi connectivity index (χ2n) is 3.32. The van der Waals surface area contributed by atoms with Gasteiger partial charge in [0.25, 0.3) is 0 Å². The van der Waals surface area contributed by atoms with Gasteiger partial charge in [0.05, 0.1) is 0 Å². The minimum atomic E-state index is 0.504. The molecule has 2 aromatic rings. The van der Waals surface area contributed by atoms with Crippen LogP contribution in [0.15, 0.2) is 42.9 Å². The summed E-state index contributed by atoms with van der Waals surface area (Å²) in [6, 6.07) is 7.71. The highest BCUT2D eigenvalue weighted by atomic mass is 16.5. The Bertz CT molecular complexity index is 411. The van der Waals surface area contributed by atoms with E-state index in [1.165, 1.54) is 0 Å². The zero-order valence-electron chi connectivity index (χ0n) is 8.55. The summed E-state index contributed by atoms with van der Waals surface area (Å²) in [6.07, 6.45) is 5.32. The Morgan fingerprint density at radius 2 is 2.13 bits per heavy atom. The van der Waals surface area contributed by atoms with Crippen molar-refractivity contribution in [3.05, 3.63) is 54.0 Å². The first-order valence-corrected chi connectivity index (χ1v) is 4.79. The lowest BCUT2D eigenvalue weighted by Crippen LogP contribution is -1.97. The van der Waals surface area contributed by atoms with E-state index in [0.717, 1.165) is 11.1 Å². The van der Waals surface area contributed by atoms with Crippen LogP contribution in [0.4, 0.5) is 0 Å². The summed E-state index contributed by atoms with van der Waals surface area (Å²) in [5.74, 6) is 0.643. The van der Waals surface area contributed by atoms with Crippen LogP contribution in [0, 0.1) is 6.92 Å². The Kier molecular flexibility index (Phi) is 2.93. The number of hydrogen-bond acceptors (Lipinski definition) is 3. The van der Waals surface area contributed by atoms with Crippen LogP contribution in [0.5, 0.6) is 5.88 Å². The van der Waals surface area contributed by atoms with E-state index in [9.17, 15) is 0 Å². The van der Waals surface area contributed by atoms with Gasteiger partial charge in [-0.3, -0.25) is 4.98 Å². The molecule has 2 heterocycles. The van der Waals surface area contributed by atoms with Crippen molar-refractivity contribution in [2.75, 3.05) is 0 Å². The fourth-order valence-electron chi connectivity index (χ4n) is 1.18. The SMILES string of the molecule is Cc1ccc(OCc2cccnc2)nc1. The molecule has 0 fully saturated rings. The molecule has 0 aliphatic carbocycles. The van der Waals surface area contributed by atoms with E-state index in [1.807, 2.05) is 31.2 Å². The lowest BCUT2D eigenvalue weighted by Gasteiger charge is -2.04. The van der Waals surface area contributed by atoms with Crippen molar-refractivity contribution in [1.29, 1.82) is 0 Å². The maximum Gasteiger partial charge on any atom is 0.213 e. The van der Waals surface area contributed by atoms with Crippen LogP contribution >= 0.6 is 0 Å². The van der Waals surface area contributed by atoms with Crippen LogP contribution in [0.2, 0.25) is 0 Å². The molecule has 0 spiro atoms. The van der Waals surface area contributed by atoms with Gasteiger partial charge in [0.1, 0.15) is 6.61 Å². The quantitative estimate of drug-likeness (QED) is 0.762. The van der Waals surface area contributed by atoms with Crippen LogP contribution in [-0.4, -0.2) is 9.97 Å². The number of aromatic nitrogens is 2. The van der Waals surface area contributed by atoms with Crippen molar-refractivity contribution in [2.45, 2.75) is 13.5 Å². The Labute approximate surface area is 88.8 Å². The third kappa shape index (κ3) is 2.77. The molecule has 15 heavy (non-hydrogen) atoms. The molecule has 0 amide bonds. The number of ether oxygens (including phenoxy) is 1. The predicted octanol–water partition coefficient (Wildman–Crippen LogP) is 2.36. The fourth-order valence-corrected chi connectivity index (χ4v) is 1.18. The summed E-state index contributed by atoms with van der Waals surface area (Å²) in [7, 11) is 0. The molecule has 0 bridgehead atoms. The van der Waals surface area contributed by atoms with Gasteiger partial charge in [-0.2, -0.15) is 0 Å². The molecule has 2 aromatic heterocycles. The summed E-state index contributed by atoms with van der Waals surface area (Å²) >= 11 is 0. The minimum Gasteiger partial charge on any atom is -0.473 e. The summed E-state index contributed by atoms with van der Waals surface area (Å²) in [4.78, 5) is 8.16. The van der Waals surface area contributed by atoms with Gasteiger partial charge in [-0.05, 0) is 18.6 Å². The molecule has 0 unspecified atom stereocenters. The number of aryl methyl sites for hydroxylation is 1. The van der Waals surface area contributed by atoms with Crippen LogP contribution in [0.3, 0.4) is 0 Å². The van der Waals surface area contributed by atoms with Gasteiger partial charge >= 0.3 is 0 Å². The molecule has 0 saturated heterocycles. The monoisotopic (exact) mass is 200 g/mol. The Hall–Kier alpha value is -1.90. The summed E-state index contributed by atoms with van der Waals surface area (Å²) in [5.41, 5.74) is 2.17. The molecule has 0 aliphatic heterocycles. The van der Waals surface area contributed by atoms with E-state index in [2.05, 4.69) is 9.97 Å². The maximum absolute atomic E-state index is 5.50. The highest BCUT2D eigenvalue weighted by Gasteiger charge is 1.96. The third-order valence-corrected chi connectivity index (χ3v) is 1.99. The van der Waals surface area contributed by atoms with E-state index in [1.54, 1.807) is 18.6 Å². The smallest absolute Gasteiger partial charge is 0.213 e. The summed E-state index contributed by atoms with van der Waals surface area (Å²) < 4.78 is 5.50. The third-order valence-electron chi connectivity index (χ3n) is 1.99. The Morgan fingerprint density at radius 3 is 2.80 bits per heavy atom. The molecule has 3 nitrogen and oxygen atoms in total. The Balaban J connectivity index is 1.96. The molecule has 0 N–H and O–H groups in total. The number of rotatable bonds is 3. The molecule has 0 radical (unpaired) electrons. The molecular weight excluding hydrogens is 188 g/mol. The number of pyridine rings is 2. The average molecular weight is 200 g/mol. The molecule has 76 valence electrons. The van der Waals surface area contributed by atoms with Crippen molar-refractivity contribution in [3.63, 3.8) is 0 Å². The van der Waals surface area contributed by atoms with Gasteiger partial charge in [-0.25, -0.2) is 4.98 Å². The van der Waals surface area contributed by atoms with Gasteiger partial charge < -0.3 is 4.74 Å². The molecule has 0 atom stereocenters. The summed E-state index contributed by atoms with van der Waals surface area (Å²) in [5, 5.41) is 0. The topological polar surface area (TPSA) is 35.0 Å². The molecule has 3 heteroatoms. The number of nitrogens with zero attached hydrogens (tertiary/aromatic N) is 2. The minimum absolute atomic E-state index is 0.504. The fraction of sp³-hybridized carbons (Fsp3) is 0.167. The van der Waals surface area contributed by atoms with Crippen molar-refractivity contribution in [3.8, 4) is 5.88 Å². The first-order valence-electron chi connectivity index (χ1n) is 4.79. The van der Waals surface area contributed by atoms with Crippen LogP contribution in [0.1, 0.15) is 11.1 Å². The van der Waals surface area contributed by atoms with Crippen molar-refractivity contribution in [2.24, 2.45) is 0 Å². The molecule has 2 rings (SSSR count). The van der Waals surface area contributed by atoms with Gasteiger partial charge in [0.15, 0.2) is 0 Å². The van der Waals surface area contributed by atoms with Crippen LogP contribution < -0.4 is 4.74 Å². The lowest BCUT2D eigenvalue weighted by molar-refractivity contribution is 0.293. The van der Waals surface area contributed by atoms with E-state index >= 15 is 0 Å². The van der Waals surface area contributed by atoms with Gasteiger partial charge in [-0.1, -0.05) is 12.1 Å². The first kappa shape index (κ1) is 9.65. The molecule has 0 aliphatic rings. The number of hydrogen-bond donors (Lipinski definition) is 0. The average Bonchev–Trinajstić information content (AvgIpc) is 2.30. The second-order valence-corrected chi connectivity index (χ2v) is 3.32. The van der Waals surface area contributed by atoms with Crippen molar-refractivity contribution in [1.82, 2.24) is 9.97 Å². The van der Waals surface area contributed by atoms with Crippen LogP contribution in [-0.2, 0) is 6.61 Å². The molecular formula is C12H12N2O. The van der Waals surface area contributed by atoms with Crippen molar-refractivity contribution >= 4 is 0 Å².